The molecule has 0 unspecified atom stereocenters. The number of nitrogens with zero attached hydrogens (tertiary/aromatic N) is 1. The van der Waals surface area contributed by atoms with Crippen molar-refractivity contribution in [2.45, 2.75) is 0 Å². The third-order valence-electron chi connectivity index (χ3n) is 0.171. The molecule has 6 heteroatoms. The van der Waals surface area contributed by atoms with Crippen LogP contribution in [0.1, 0.15) is 0 Å². The molecule has 3 nitrogen and oxygen atoms in total. The molecular formula is CH5NO2S3. The first-order valence-electron chi connectivity index (χ1n) is 1.05. The number of carboxylic acid groups (broad SMARTS) is 1. The third-order valence-corrected chi connectivity index (χ3v) is 0.513. The second kappa shape index (κ2) is 4.48. The molecule has 0 aliphatic carbocycles. The molecule has 7 heavy (non-hydrogen) atoms. The summed E-state index contributed by atoms with van der Waals surface area (Å²) < 4.78 is 0.472. The number of hydrogen-bond donors (Lipinski definition) is 3. The van der Waals surface area contributed by atoms with Gasteiger partial charge in [-0.05, 0) is 25.6 Å². The van der Waals surface area contributed by atoms with Crippen LogP contribution in [0, 0.1) is 0 Å². The van der Waals surface area contributed by atoms with E-state index < -0.39 is 6.09 Å². The van der Waals surface area contributed by atoms with Crippen molar-refractivity contribution in [3.63, 3.8) is 0 Å². The second-order valence-corrected chi connectivity index (χ2v) is 1.69. The number of amides is 1. The van der Waals surface area contributed by atoms with Crippen molar-refractivity contribution in [1.29, 1.82) is 0 Å². The molecule has 0 aliphatic heterocycles. The van der Waals surface area contributed by atoms with Crippen molar-refractivity contribution in [2.24, 2.45) is 0 Å². The van der Waals surface area contributed by atoms with E-state index >= 15 is 0 Å². The lowest BCUT2D eigenvalue weighted by Gasteiger charge is -1.95. The molecule has 0 aliphatic rings. The smallest absolute Gasteiger partial charge is 0.427 e. The van der Waals surface area contributed by atoms with Crippen molar-refractivity contribution >= 4 is 45.2 Å². The van der Waals surface area contributed by atoms with E-state index in [0.717, 1.165) is 0 Å². The van der Waals surface area contributed by atoms with Crippen LogP contribution in [0.15, 0.2) is 0 Å². The summed E-state index contributed by atoms with van der Waals surface area (Å²) in [5, 5.41) is 7.76. The highest BCUT2D eigenvalue weighted by Gasteiger charge is 1.95. The summed E-state index contributed by atoms with van der Waals surface area (Å²) in [7, 11) is 0. The lowest BCUT2D eigenvalue weighted by molar-refractivity contribution is 0.191. The summed E-state index contributed by atoms with van der Waals surface area (Å²) in [6, 6.07) is 0. The van der Waals surface area contributed by atoms with Crippen LogP contribution in [-0.4, -0.2) is 14.9 Å². The highest BCUT2D eigenvalue weighted by Crippen LogP contribution is 1.94. The highest BCUT2D eigenvalue weighted by molar-refractivity contribution is 7.94. The fraction of sp³-hybridized carbons (Fsp3) is 0. The van der Waals surface area contributed by atoms with Gasteiger partial charge < -0.3 is 5.11 Å². The van der Waals surface area contributed by atoms with Gasteiger partial charge in [-0.2, -0.15) is 17.2 Å². The van der Waals surface area contributed by atoms with Crippen molar-refractivity contribution in [2.75, 3.05) is 0 Å². The van der Waals surface area contributed by atoms with Crippen LogP contribution in [0.5, 0.6) is 0 Å². The number of thiol groups is 2. The molecule has 0 spiro atoms. The summed E-state index contributed by atoms with van der Waals surface area (Å²) in [4.78, 5) is 9.47. The maximum atomic E-state index is 9.47. The molecular weight excluding hydrogens is 154 g/mol. The fourth-order valence-corrected chi connectivity index (χ4v) is 0. The minimum Gasteiger partial charge on any atom is -0.464 e. The Morgan fingerprint density at radius 3 is 1.71 bits per heavy atom. The van der Waals surface area contributed by atoms with E-state index in [0.29, 0.717) is 3.71 Å². The number of hydrogen-bond acceptors (Lipinski definition) is 3. The van der Waals surface area contributed by atoms with Gasteiger partial charge in [-0.1, -0.05) is 0 Å². The van der Waals surface area contributed by atoms with Crippen LogP contribution in [0.2, 0.25) is 0 Å². The van der Waals surface area contributed by atoms with Crippen LogP contribution < -0.4 is 0 Å². The fourth-order valence-electron chi connectivity index (χ4n) is 0. The molecule has 1 N–H and O–H groups in total. The molecule has 44 valence electrons. The minimum atomic E-state index is -1.18. The van der Waals surface area contributed by atoms with Gasteiger partial charge in [-0.15, -0.1) is 0 Å². The first-order chi connectivity index (χ1) is 2.64. The van der Waals surface area contributed by atoms with Gasteiger partial charge in [-0.3, -0.25) is 0 Å². The Balaban J connectivity index is 0. The molecule has 0 aromatic heterocycles. The summed E-state index contributed by atoms with van der Waals surface area (Å²) >= 11 is 6.58. The summed E-state index contributed by atoms with van der Waals surface area (Å²) in [6.45, 7) is 0. The van der Waals surface area contributed by atoms with E-state index in [-0.39, 0.29) is 13.5 Å². The zero-order valence-corrected chi connectivity index (χ0v) is 5.99. The average molecular weight is 159 g/mol. The van der Waals surface area contributed by atoms with Crippen LogP contribution in [-0.2, 0) is 0 Å². The Labute approximate surface area is 59.2 Å². The Kier molecular flexibility index (Phi) is 6.61. The molecule has 0 aromatic rings. The Bertz CT molecular complexity index is 64.0. The zero-order valence-electron chi connectivity index (χ0n) is 3.20. The van der Waals surface area contributed by atoms with Crippen LogP contribution in [0.4, 0.5) is 4.79 Å². The molecule has 0 heterocycles. The van der Waals surface area contributed by atoms with Gasteiger partial charge in [0, 0.05) is 0 Å². The van der Waals surface area contributed by atoms with Crippen molar-refractivity contribution in [3.8, 4) is 0 Å². The molecule has 0 fully saturated rings. The largest absolute Gasteiger partial charge is 0.464 e. The van der Waals surface area contributed by atoms with Crippen LogP contribution in [0.25, 0.3) is 0 Å². The molecule has 0 saturated carbocycles. The molecule has 0 aromatic carbocycles. The molecule has 1 amide bonds. The minimum absolute atomic E-state index is 0. The predicted octanol–water partition coefficient (Wildman–Crippen LogP) is 0.769. The molecule has 0 atom stereocenters. The van der Waals surface area contributed by atoms with Gasteiger partial charge in [0.1, 0.15) is 0 Å². The second-order valence-electron chi connectivity index (χ2n) is 0.572. The lowest BCUT2D eigenvalue weighted by atomic mass is 11.3. The Morgan fingerprint density at radius 2 is 1.71 bits per heavy atom. The van der Waals surface area contributed by atoms with E-state index in [2.05, 4.69) is 25.6 Å². The zero-order chi connectivity index (χ0) is 5.15. The van der Waals surface area contributed by atoms with E-state index in [1.807, 2.05) is 0 Å². The van der Waals surface area contributed by atoms with E-state index in [9.17, 15) is 4.79 Å². The SMILES string of the molecule is O=C(O)N(S)S.S. The van der Waals surface area contributed by atoms with Gasteiger partial charge in [0.2, 0.25) is 0 Å². The van der Waals surface area contributed by atoms with Gasteiger partial charge in [0.05, 0.1) is 0 Å². The molecule has 0 rings (SSSR count). The summed E-state index contributed by atoms with van der Waals surface area (Å²) in [6.07, 6.45) is -1.18. The van der Waals surface area contributed by atoms with Crippen molar-refractivity contribution in [3.05, 3.63) is 0 Å². The first-order valence-corrected chi connectivity index (χ1v) is 1.85. The van der Waals surface area contributed by atoms with Gasteiger partial charge in [0.25, 0.3) is 0 Å². The van der Waals surface area contributed by atoms with Crippen molar-refractivity contribution < 1.29 is 9.90 Å². The van der Waals surface area contributed by atoms with Gasteiger partial charge in [0.15, 0.2) is 0 Å². The number of rotatable bonds is 0. The van der Waals surface area contributed by atoms with Crippen molar-refractivity contribution in [1.82, 2.24) is 3.71 Å². The van der Waals surface area contributed by atoms with Gasteiger partial charge in [-0.25, -0.2) is 4.79 Å². The van der Waals surface area contributed by atoms with E-state index in [1.54, 1.807) is 0 Å². The molecule has 0 bridgehead atoms. The topological polar surface area (TPSA) is 40.5 Å². The summed E-state index contributed by atoms with van der Waals surface area (Å²) in [5.74, 6) is 0. The average Bonchev–Trinajstić information content (AvgIpc) is 1.36. The van der Waals surface area contributed by atoms with Crippen LogP contribution >= 0.6 is 39.1 Å². The normalized spacial score (nSPS) is 6.57. The van der Waals surface area contributed by atoms with Crippen LogP contribution in [0.3, 0.4) is 0 Å². The Hall–Kier alpha value is 0.320. The maximum absolute atomic E-state index is 9.47. The monoisotopic (exact) mass is 159 g/mol. The first kappa shape index (κ1) is 10.3. The summed E-state index contributed by atoms with van der Waals surface area (Å²) in [5.41, 5.74) is 0. The lowest BCUT2D eigenvalue weighted by Crippen LogP contribution is -2.05. The van der Waals surface area contributed by atoms with E-state index in [1.165, 1.54) is 0 Å². The van der Waals surface area contributed by atoms with E-state index in [4.69, 9.17) is 5.11 Å². The quantitative estimate of drug-likeness (QED) is 0.457. The van der Waals surface area contributed by atoms with Gasteiger partial charge >= 0.3 is 6.09 Å². The highest BCUT2D eigenvalue weighted by atomic mass is 32.2. The molecule has 0 radical (unpaired) electrons. The maximum Gasteiger partial charge on any atom is 0.427 e. The molecule has 0 saturated heterocycles. The predicted molar refractivity (Wildman–Crippen MR) is 38.2 cm³/mol. The Morgan fingerprint density at radius 1 is 1.57 bits per heavy atom. The third kappa shape index (κ3) is 6.32. The standard InChI is InChI=1S/CH3NO2S2.H2S/c3-1(4)2(5)6;/h5-6H,(H,3,4);1H2. The number of carbonyl (C=O) groups is 1.